The molecular formula is C9H15N. The molecule has 0 amide bonds. The van der Waals surface area contributed by atoms with E-state index in [4.69, 9.17) is 0 Å². The third-order valence-corrected chi connectivity index (χ3v) is 1.21. The van der Waals surface area contributed by atoms with Crippen LogP contribution < -0.4 is 5.32 Å². The summed E-state index contributed by atoms with van der Waals surface area (Å²) in [6, 6.07) is 0. The van der Waals surface area contributed by atoms with E-state index in [1.165, 1.54) is 5.57 Å². The van der Waals surface area contributed by atoms with Crippen LogP contribution in [0.25, 0.3) is 0 Å². The van der Waals surface area contributed by atoms with Gasteiger partial charge in [0.1, 0.15) is 0 Å². The Morgan fingerprint density at radius 2 is 2.00 bits per heavy atom. The van der Waals surface area contributed by atoms with Gasteiger partial charge < -0.3 is 5.32 Å². The van der Waals surface area contributed by atoms with E-state index in [9.17, 15) is 0 Å². The third kappa shape index (κ3) is 3.13. The molecular weight excluding hydrogens is 122 g/mol. The summed E-state index contributed by atoms with van der Waals surface area (Å²) in [7, 11) is 1.91. The Kier molecular flexibility index (Phi) is 4.38. The summed E-state index contributed by atoms with van der Waals surface area (Å²) in [6.45, 7) is 7.73. The summed E-state index contributed by atoms with van der Waals surface area (Å²) < 4.78 is 0. The Morgan fingerprint density at radius 3 is 2.30 bits per heavy atom. The van der Waals surface area contributed by atoms with Gasteiger partial charge in [-0.3, -0.25) is 0 Å². The lowest BCUT2D eigenvalue weighted by Gasteiger charge is -2.01. The van der Waals surface area contributed by atoms with E-state index in [-0.39, 0.29) is 0 Å². The van der Waals surface area contributed by atoms with Crippen molar-refractivity contribution in [1.29, 1.82) is 0 Å². The van der Waals surface area contributed by atoms with Gasteiger partial charge in [-0.15, -0.1) is 0 Å². The second-order valence-corrected chi connectivity index (χ2v) is 2.26. The van der Waals surface area contributed by atoms with Crippen molar-refractivity contribution in [3.8, 4) is 0 Å². The van der Waals surface area contributed by atoms with Crippen LogP contribution in [0.15, 0.2) is 36.1 Å². The molecule has 0 aromatic heterocycles. The number of hydrogen-bond donors (Lipinski definition) is 1. The molecule has 0 fully saturated rings. The van der Waals surface area contributed by atoms with Gasteiger partial charge in [0.2, 0.25) is 0 Å². The molecule has 0 aliphatic heterocycles. The molecule has 1 nitrogen and oxygen atoms in total. The van der Waals surface area contributed by atoms with Gasteiger partial charge >= 0.3 is 0 Å². The number of likely N-dealkylation sites (N-methyl/N-ethyl adjacent to an activating group) is 1. The zero-order valence-corrected chi connectivity index (χ0v) is 6.94. The largest absolute Gasteiger partial charge is 0.388 e. The fraction of sp³-hybridized carbons (Fsp3) is 0.333. The van der Waals surface area contributed by atoms with Crippen LogP contribution in [0.3, 0.4) is 0 Å². The van der Waals surface area contributed by atoms with Gasteiger partial charge in [0.05, 0.1) is 0 Å². The molecule has 0 bridgehead atoms. The Bertz CT molecular complexity index is 160. The first kappa shape index (κ1) is 9.02. The van der Waals surface area contributed by atoms with Crippen LogP contribution in [-0.4, -0.2) is 7.05 Å². The van der Waals surface area contributed by atoms with Crippen LogP contribution in [0.1, 0.15) is 13.8 Å². The molecule has 56 valence electrons. The minimum absolute atomic E-state index is 1.15. The average molecular weight is 137 g/mol. The Balaban J connectivity index is 4.23. The Hall–Kier alpha value is -0.980. The van der Waals surface area contributed by atoms with Gasteiger partial charge in [0, 0.05) is 12.7 Å². The topological polar surface area (TPSA) is 12.0 Å². The number of nitrogens with one attached hydrogen (secondary N) is 1. The first-order valence-electron chi connectivity index (χ1n) is 3.36. The molecule has 1 heteroatoms. The first-order valence-corrected chi connectivity index (χ1v) is 3.36. The molecule has 0 heterocycles. The standard InChI is InChI=1S/C9H15N/c1-5-6-7-9(10-4)8(2)3/h5-7,10H,1H2,2-4H3/b7-6-. The molecule has 0 radical (unpaired) electrons. The average Bonchev–Trinajstić information content (AvgIpc) is 1.89. The highest BCUT2D eigenvalue weighted by atomic mass is 14.8. The number of hydrogen-bond acceptors (Lipinski definition) is 1. The van der Waals surface area contributed by atoms with E-state index in [2.05, 4.69) is 25.7 Å². The third-order valence-electron chi connectivity index (χ3n) is 1.21. The normalized spacial score (nSPS) is 9.50. The molecule has 0 saturated heterocycles. The zero-order chi connectivity index (χ0) is 7.98. The lowest BCUT2D eigenvalue weighted by molar-refractivity contribution is 0.999. The van der Waals surface area contributed by atoms with Gasteiger partial charge in [-0.2, -0.15) is 0 Å². The quantitative estimate of drug-likeness (QED) is 0.588. The maximum atomic E-state index is 3.59. The van der Waals surface area contributed by atoms with Gasteiger partial charge in [-0.25, -0.2) is 0 Å². The van der Waals surface area contributed by atoms with E-state index in [1.807, 2.05) is 19.2 Å². The van der Waals surface area contributed by atoms with Crippen molar-refractivity contribution in [2.45, 2.75) is 13.8 Å². The number of allylic oxidation sites excluding steroid dienone is 4. The van der Waals surface area contributed by atoms with Crippen molar-refractivity contribution < 1.29 is 0 Å². The molecule has 0 aliphatic carbocycles. The smallest absolute Gasteiger partial charge is 0.0323 e. The molecule has 0 atom stereocenters. The van der Waals surface area contributed by atoms with Gasteiger partial charge in [0.25, 0.3) is 0 Å². The molecule has 0 saturated carbocycles. The van der Waals surface area contributed by atoms with Crippen molar-refractivity contribution in [2.24, 2.45) is 0 Å². The minimum atomic E-state index is 1.15. The molecule has 0 aromatic rings. The van der Waals surface area contributed by atoms with Gasteiger partial charge in [0.15, 0.2) is 0 Å². The van der Waals surface area contributed by atoms with Crippen molar-refractivity contribution in [3.63, 3.8) is 0 Å². The summed E-state index contributed by atoms with van der Waals surface area (Å²) in [5, 5.41) is 3.08. The Labute approximate surface area is 63.1 Å². The Morgan fingerprint density at radius 1 is 1.40 bits per heavy atom. The summed E-state index contributed by atoms with van der Waals surface area (Å²) in [5.74, 6) is 0. The molecule has 0 aromatic carbocycles. The first-order chi connectivity index (χ1) is 4.72. The summed E-state index contributed by atoms with van der Waals surface area (Å²) in [4.78, 5) is 0. The molecule has 0 spiro atoms. The van der Waals surface area contributed by atoms with Crippen molar-refractivity contribution in [3.05, 3.63) is 36.1 Å². The van der Waals surface area contributed by atoms with Crippen LogP contribution in [0.4, 0.5) is 0 Å². The van der Waals surface area contributed by atoms with Gasteiger partial charge in [-0.05, 0) is 19.9 Å². The van der Waals surface area contributed by atoms with Crippen LogP contribution in [0, 0.1) is 0 Å². The lowest BCUT2D eigenvalue weighted by atomic mass is 10.2. The van der Waals surface area contributed by atoms with E-state index in [1.54, 1.807) is 6.08 Å². The second kappa shape index (κ2) is 4.86. The summed E-state index contributed by atoms with van der Waals surface area (Å²) in [5.41, 5.74) is 2.43. The van der Waals surface area contributed by atoms with Crippen molar-refractivity contribution in [1.82, 2.24) is 5.32 Å². The van der Waals surface area contributed by atoms with Crippen LogP contribution in [0.5, 0.6) is 0 Å². The van der Waals surface area contributed by atoms with E-state index in [0.717, 1.165) is 5.70 Å². The van der Waals surface area contributed by atoms with Crippen molar-refractivity contribution in [2.75, 3.05) is 7.05 Å². The van der Waals surface area contributed by atoms with Crippen LogP contribution in [0.2, 0.25) is 0 Å². The second-order valence-electron chi connectivity index (χ2n) is 2.26. The van der Waals surface area contributed by atoms with E-state index >= 15 is 0 Å². The summed E-state index contributed by atoms with van der Waals surface area (Å²) in [6.07, 6.45) is 5.68. The lowest BCUT2D eigenvalue weighted by Crippen LogP contribution is -2.04. The monoisotopic (exact) mass is 137 g/mol. The molecule has 0 unspecified atom stereocenters. The van der Waals surface area contributed by atoms with E-state index < -0.39 is 0 Å². The highest BCUT2D eigenvalue weighted by Gasteiger charge is 1.86. The molecule has 0 rings (SSSR count). The predicted molar refractivity (Wildman–Crippen MR) is 46.8 cm³/mol. The summed E-state index contributed by atoms with van der Waals surface area (Å²) >= 11 is 0. The number of rotatable bonds is 3. The van der Waals surface area contributed by atoms with Crippen molar-refractivity contribution >= 4 is 0 Å². The highest BCUT2D eigenvalue weighted by Crippen LogP contribution is 1.99. The maximum absolute atomic E-state index is 3.59. The molecule has 0 aliphatic rings. The predicted octanol–water partition coefficient (Wildman–Crippen LogP) is 2.24. The van der Waals surface area contributed by atoms with Gasteiger partial charge in [-0.1, -0.05) is 24.3 Å². The van der Waals surface area contributed by atoms with Crippen LogP contribution >= 0.6 is 0 Å². The van der Waals surface area contributed by atoms with Crippen LogP contribution in [-0.2, 0) is 0 Å². The maximum Gasteiger partial charge on any atom is 0.0323 e. The SMILES string of the molecule is C=C/C=C\C(NC)=C(C)C. The zero-order valence-electron chi connectivity index (χ0n) is 6.94. The van der Waals surface area contributed by atoms with E-state index in [0.29, 0.717) is 0 Å². The highest BCUT2D eigenvalue weighted by molar-refractivity contribution is 5.23. The molecule has 1 N–H and O–H groups in total. The fourth-order valence-corrected chi connectivity index (χ4v) is 0.664. The minimum Gasteiger partial charge on any atom is -0.388 e. The fourth-order valence-electron chi connectivity index (χ4n) is 0.664. The molecule has 10 heavy (non-hydrogen) atoms.